The van der Waals surface area contributed by atoms with Crippen LogP contribution in [-0.2, 0) is 0 Å². The van der Waals surface area contributed by atoms with Gasteiger partial charge in [-0.3, -0.25) is 15.1 Å². The van der Waals surface area contributed by atoms with E-state index < -0.39 is 0 Å². The molecule has 0 bridgehead atoms. The number of fused-ring (bicyclic) bond motifs is 1. The zero-order chi connectivity index (χ0) is 17.9. The lowest BCUT2D eigenvalue weighted by molar-refractivity contribution is -0.383. The number of nitrogens with zero attached hydrogens (tertiary/aromatic N) is 4. The highest BCUT2D eigenvalue weighted by atomic mass is 32.2. The molecule has 0 saturated heterocycles. The van der Waals surface area contributed by atoms with Gasteiger partial charge in [0, 0.05) is 34.8 Å². The van der Waals surface area contributed by atoms with Crippen LogP contribution in [0.1, 0.15) is 32.1 Å². The molecule has 0 spiro atoms. The summed E-state index contributed by atoms with van der Waals surface area (Å²) in [4.78, 5) is 15.8. The minimum Gasteiger partial charge on any atom is -0.357 e. The summed E-state index contributed by atoms with van der Waals surface area (Å²) >= 11 is 3.00. The lowest BCUT2D eigenvalue weighted by Gasteiger charge is -2.21. The predicted octanol–water partition coefficient (Wildman–Crippen LogP) is 4.89. The van der Waals surface area contributed by atoms with Gasteiger partial charge in [-0.1, -0.05) is 42.4 Å². The molecule has 2 aromatic heterocycles. The van der Waals surface area contributed by atoms with Crippen molar-refractivity contribution in [1.82, 2.24) is 15.2 Å². The van der Waals surface area contributed by atoms with Crippen LogP contribution in [0.15, 0.2) is 39.8 Å². The number of benzene rings is 1. The smallest absolute Gasteiger partial charge is 0.278 e. The molecule has 4 rings (SSSR count). The van der Waals surface area contributed by atoms with Crippen LogP contribution in [-0.4, -0.2) is 26.1 Å². The highest BCUT2D eigenvalue weighted by Gasteiger charge is 2.18. The van der Waals surface area contributed by atoms with Gasteiger partial charge in [-0.05, 0) is 25.0 Å². The molecule has 134 valence electrons. The number of aromatic nitrogens is 3. The van der Waals surface area contributed by atoms with E-state index >= 15 is 0 Å². The van der Waals surface area contributed by atoms with Gasteiger partial charge in [0.15, 0.2) is 4.34 Å². The number of hydrogen-bond acceptors (Lipinski definition) is 8. The fraction of sp³-hybridized carbons (Fsp3) is 0.353. The standard InChI is InChI=1S/C17H17N5O2S2/c23-22(24)14-6-7-15(12-8-9-18-10-13(12)14)25-17-21-20-16(26-17)19-11-4-2-1-3-5-11/h6-11H,1-5H2,(H,19,20). The van der Waals surface area contributed by atoms with Gasteiger partial charge in [-0.2, -0.15) is 0 Å². The molecule has 1 saturated carbocycles. The van der Waals surface area contributed by atoms with E-state index in [1.807, 2.05) is 0 Å². The van der Waals surface area contributed by atoms with Crippen molar-refractivity contribution in [3.8, 4) is 0 Å². The van der Waals surface area contributed by atoms with Crippen molar-refractivity contribution in [2.24, 2.45) is 0 Å². The molecule has 1 aromatic carbocycles. The van der Waals surface area contributed by atoms with Crippen LogP contribution in [0.2, 0.25) is 0 Å². The summed E-state index contributed by atoms with van der Waals surface area (Å²) in [5.74, 6) is 0. The summed E-state index contributed by atoms with van der Waals surface area (Å²) in [6.45, 7) is 0. The van der Waals surface area contributed by atoms with E-state index in [1.54, 1.807) is 18.3 Å². The first kappa shape index (κ1) is 17.2. The first-order valence-electron chi connectivity index (χ1n) is 8.50. The van der Waals surface area contributed by atoms with Crippen molar-refractivity contribution >= 4 is 44.7 Å². The van der Waals surface area contributed by atoms with E-state index in [9.17, 15) is 10.1 Å². The molecule has 0 unspecified atom stereocenters. The van der Waals surface area contributed by atoms with Crippen molar-refractivity contribution in [1.29, 1.82) is 0 Å². The van der Waals surface area contributed by atoms with Crippen molar-refractivity contribution in [3.05, 3.63) is 40.7 Å². The van der Waals surface area contributed by atoms with Crippen LogP contribution in [0.4, 0.5) is 10.8 Å². The number of pyridine rings is 1. The Bertz CT molecular complexity index is 940. The second-order valence-corrected chi connectivity index (χ2v) is 8.48. The van der Waals surface area contributed by atoms with Crippen molar-refractivity contribution in [2.45, 2.75) is 47.4 Å². The number of anilines is 1. The lowest BCUT2D eigenvalue weighted by Crippen LogP contribution is -2.21. The van der Waals surface area contributed by atoms with E-state index in [1.165, 1.54) is 67.5 Å². The number of nitro benzene ring substituents is 1. The van der Waals surface area contributed by atoms with Gasteiger partial charge < -0.3 is 5.32 Å². The molecule has 3 aromatic rings. The topological polar surface area (TPSA) is 93.8 Å². The lowest BCUT2D eigenvalue weighted by atomic mass is 9.96. The highest BCUT2D eigenvalue weighted by molar-refractivity contribution is 8.01. The van der Waals surface area contributed by atoms with E-state index in [2.05, 4.69) is 20.5 Å². The quantitative estimate of drug-likeness (QED) is 0.492. The van der Waals surface area contributed by atoms with Gasteiger partial charge >= 0.3 is 0 Å². The Balaban J connectivity index is 1.56. The average Bonchev–Trinajstić information content (AvgIpc) is 3.09. The summed E-state index contributed by atoms with van der Waals surface area (Å²) in [7, 11) is 0. The van der Waals surface area contributed by atoms with Crippen LogP contribution >= 0.6 is 23.1 Å². The fourth-order valence-electron chi connectivity index (χ4n) is 3.22. The third-order valence-corrected chi connectivity index (χ3v) is 6.47. The zero-order valence-corrected chi connectivity index (χ0v) is 15.6. The molecule has 1 aliphatic carbocycles. The third-order valence-electron chi connectivity index (χ3n) is 4.49. The molecule has 26 heavy (non-hydrogen) atoms. The summed E-state index contributed by atoms with van der Waals surface area (Å²) in [5, 5.41) is 25.4. The van der Waals surface area contributed by atoms with Crippen LogP contribution in [0.25, 0.3) is 10.8 Å². The van der Waals surface area contributed by atoms with Gasteiger partial charge in [-0.15, -0.1) is 10.2 Å². The SMILES string of the molecule is O=[N+]([O-])c1ccc(Sc2nnc(NC3CCCCC3)s2)c2ccncc12. The number of non-ortho nitro benzene ring substituents is 1. The van der Waals surface area contributed by atoms with Gasteiger partial charge in [0.2, 0.25) is 5.13 Å². The molecular formula is C17H17N5O2S2. The van der Waals surface area contributed by atoms with Crippen molar-refractivity contribution < 1.29 is 4.92 Å². The van der Waals surface area contributed by atoms with Gasteiger partial charge in [0.1, 0.15) is 0 Å². The molecule has 1 N–H and O–H groups in total. The van der Waals surface area contributed by atoms with Gasteiger partial charge in [-0.25, -0.2) is 0 Å². The van der Waals surface area contributed by atoms with Crippen LogP contribution in [0, 0.1) is 10.1 Å². The fourth-order valence-corrected chi connectivity index (χ4v) is 5.14. The maximum absolute atomic E-state index is 11.2. The third kappa shape index (κ3) is 3.63. The van der Waals surface area contributed by atoms with Gasteiger partial charge in [0.05, 0.1) is 10.3 Å². The van der Waals surface area contributed by atoms with E-state index in [-0.39, 0.29) is 10.6 Å². The summed E-state index contributed by atoms with van der Waals surface area (Å²) in [6.07, 6.45) is 9.39. The Kier molecular flexibility index (Phi) is 4.98. The van der Waals surface area contributed by atoms with Gasteiger partial charge in [0.25, 0.3) is 5.69 Å². The summed E-state index contributed by atoms with van der Waals surface area (Å²) < 4.78 is 0.815. The number of nitro groups is 1. The normalized spacial score (nSPS) is 15.2. The Hall–Kier alpha value is -2.26. The number of hydrogen-bond donors (Lipinski definition) is 1. The second kappa shape index (κ2) is 7.55. The largest absolute Gasteiger partial charge is 0.357 e. The van der Waals surface area contributed by atoms with Crippen LogP contribution < -0.4 is 5.32 Å². The zero-order valence-electron chi connectivity index (χ0n) is 13.9. The Labute approximate surface area is 158 Å². The first-order chi connectivity index (χ1) is 12.7. The molecule has 0 atom stereocenters. The molecular weight excluding hydrogens is 370 g/mol. The van der Waals surface area contributed by atoms with E-state index in [4.69, 9.17) is 0 Å². The maximum Gasteiger partial charge on any atom is 0.278 e. The van der Waals surface area contributed by atoms with Crippen LogP contribution in [0.3, 0.4) is 0 Å². The minimum atomic E-state index is -0.379. The maximum atomic E-state index is 11.2. The molecule has 0 radical (unpaired) electrons. The number of nitrogens with one attached hydrogen (secondary N) is 1. The molecule has 7 nitrogen and oxygen atoms in total. The Morgan fingerprint density at radius 1 is 1.15 bits per heavy atom. The molecule has 0 amide bonds. The molecule has 2 heterocycles. The Morgan fingerprint density at radius 2 is 2.00 bits per heavy atom. The molecule has 9 heteroatoms. The summed E-state index contributed by atoms with van der Waals surface area (Å²) in [5.41, 5.74) is 0.0642. The van der Waals surface area contributed by atoms with E-state index in [0.29, 0.717) is 11.4 Å². The molecule has 0 aliphatic heterocycles. The first-order valence-corrected chi connectivity index (χ1v) is 10.1. The minimum absolute atomic E-state index is 0.0642. The van der Waals surface area contributed by atoms with Crippen molar-refractivity contribution in [3.63, 3.8) is 0 Å². The number of rotatable bonds is 5. The second-order valence-electron chi connectivity index (χ2n) is 6.22. The van der Waals surface area contributed by atoms with Crippen LogP contribution in [0.5, 0.6) is 0 Å². The van der Waals surface area contributed by atoms with Crippen molar-refractivity contribution in [2.75, 3.05) is 5.32 Å². The van der Waals surface area contributed by atoms with E-state index in [0.717, 1.165) is 19.8 Å². The average molecular weight is 387 g/mol. The highest BCUT2D eigenvalue weighted by Crippen LogP contribution is 2.39. The summed E-state index contributed by atoms with van der Waals surface area (Å²) in [6, 6.07) is 5.57. The monoisotopic (exact) mass is 387 g/mol. The predicted molar refractivity (Wildman–Crippen MR) is 103 cm³/mol. The molecule has 1 aliphatic rings. The molecule has 1 fully saturated rings. The Morgan fingerprint density at radius 3 is 2.81 bits per heavy atom.